The first-order valence-electron chi connectivity index (χ1n) is 5.22. The fourth-order valence-electron chi connectivity index (χ4n) is 1.09. The number of aromatic nitrogens is 1. The van der Waals surface area contributed by atoms with Gasteiger partial charge in [0.25, 0.3) is 0 Å². The molecule has 0 bridgehead atoms. The Balaban J connectivity index is 0.000000151. The van der Waals surface area contributed by atoms with E-state index in [1.807, 2.05) is 33.0 Å². The Morgan fingerprint density at radius 1 is 1.20 bits per heavy atom. The van der Waals surface area contributed by atoms with Gasteiger partial charge in [-0.1, -0.05) is 6.07 Å². The molecule has 0 aliphatic carbocycles. The van der Waals surface area contributed by atoms with Crippen molar-refractivity contribution >= 4 is 0 Å². The summed E-state index contributed by atoms with van der Waals surface area (Å²) in [5, 5.41) is 0. The molecule has 0 radical (unpaired) electrons. The summed E-state index contributed by atoms with van der Waals surface area (Å²) in [6.07, 6.45) is 2.39. The SMILES string of the molecule is C[C@@H]1OCO[C@@H]1C.Cc1cccnc1C. The van der Waals surface area contributed by atoms with Crippen LogP contribution in [0.1, 0.15) is 25.1 Å². The van der Waals surface area contributed by atoms with Crippen molar-refractivity contribution in [2.45, 2.75) is 39.9 Å². The van der Waals surface area contributed by atoms with Crippen molar-refractivity contribution in [1.82, 2.24) is 4.98 Å². The first kappa shape index (κ1) is 12.1. The van der Waals surface area contributed by atoms with Gasteiger partial charge in [0.1, 0.15) is 6.79 Å². The van der Waals surface area contributed by atoms with Crippen molar-refractivity contribution in [3.05, 3.63) is 29.6 Å². The predicted molar refractivity (Wildman–Crippen MR) is 59.7 cm³/mol. The molecule has 3 heteroatoms. The highest BCUT2D eigenvalue weighted by Gasteiger charge is 2.18. The Morgan fingerprint density at radius 3 is 2.07 bits per heavy atom. The average molecular weight is 209 g/mol. The molecule has 2 heterocycles. The molecule has 0 saturated carbocycles. The number of hydrogen-bond acceptors (Lipinski definition) is 3. The lowest BCUT2D eigenvalue weighted by molar-refractivity contribution is 0.0433. The second kappa shape index (κ2) is 5.83. The second-order valence-corrected chi connectivity index (χ2v) is 3.77. The third-order valence-electron chi connectivity index (χ3n) is 2.59. The van der Waals surface area contributed by atoms with E-state index >= 15 is 0 Å². The van der Waals surface area contributed by atoms with E-state index in [4.69, 9.17) is 9.47 Å². The number of aryl methyl sites for hydroxylation is 2. The van der Waals surface area contributed by atoms with Crippen molar-refractivity contribution in [3.63, 3.8) is 0 Å². The zero-order valence-electron chi connectivity index (χ0n) is 9.86. The summed E-state index contributed by atoms with van der Waals surface area (Å²) in [4.78, 5) is 4.08. The minimum Gasteiger partial charge on any atom is -0.350 e. The normalized spacial score (nSPS) is 24.5. The topological polar surface area (TPSA) is 31.4 Å². The standard InChI is InChI=1S/C7H9N.C5H10O2/c1-6-4-3-5-8-7(6)2;1-4-5(2)7-3-6-4/h3-5H,1-2H3;4-5H,3H2,1-2H3/t;4-,5+. The van der Waals surface area contributed by atoms with Crippen LogP contribution in [0.4, 0.5) is 0 Å². The molecule has 1 aromatic heterocycles. The van der Waals surface area contributed by atoms with Crippen LogP contribution in [0.2, 0.25) is 0 Å². The van der Waals surface area contributed by atoms with Crippen molar-refractivity contribution in [1.29, 1.82) is 0 Å². The van der Waals surface area contributed by atoms with Gasteiger partial charge in [0.15, 0.2) is 0 Å². The Bertz CT molecular complexity index is 272. The van der Waals surface area contributed by atoms with E-state index < -0.39 is 0 Å². The quantitative estimate of drug-likeness (QED) is 0.657. The molecule has 0 N–H and O–H groups in total. The highest BCUT2D eigenvalue weighted by Crippen LogP contribution is 2.09. The first-order valence-corrected chi connectivity index (χ1v) is 5.22. The van der Waals surface area contributed by atoms with Crippen molar-refractivity contribution in [3.8, 4) is 0 Å². The van der Waals surface area contributed by atoms with Crippen molar-refractivity contribution in [2.24, 2.45) is 0 Å². The zero-order chi connectivity index (χ0) is 11.3. The van der Waals surface area contributed by atoms with Gasteiger partial charge < -0.3 is 9.47 Å². The minimum atomic E-state index is 0.292. The van der Waals surface area contributed by atoms with Gasteiger partial charge in [-0.05, 0) is 39.3 Å². The molecule has 0 unspecified atom stereocenters. The Hall–Kier alpha value is -0.930. The van der Waals surface area contributed by atoms with Crippen LogP contribution in [-0.4, -0.2) is 24.0 Å². The summed E-state index contributed by atoms with van der Waals surface area (Å²) >= 11 is 0. The zero-order valence-corrected chi connectivity index (χ0v) is 9.86. The maximum atomic E-state index is 5.04. The smallest absolute Gasteiger partial charge is 0.147 e. The molecule has 1 fully saturated rings. The van der Waals surface area contributed by atoms with Crippen molar-refractivity contribution in [2.75, 3.05) is 6.79 Å². The summed E-state index contributed by atoms with van der Waals surface area (Å²) in [6.45, 7) is 8.56. The molecular formula is C12H19NO2. The summed E-state index contributed by atoms with van der Waals surface area (Å²) in [7, 11) is 0. The van der Waals surface area contributed by atoms with Crippen LogP contribution in [0.5, 0.6) is 0 Å². The molecule has 1 aromatic rings. The van der Waals surface area contributed by atoms with Gasteiger partial charge in [-0.2, -0.15) is 0 Å². The summed E-state index contributed by atoms with van der Waals surface area (Å²) < 4.78 is 10.1. The third-order valence-corrected chi connectivity index (χ3v) is 2.59. The van der Waals surface area contributed by atoms with Gasteiger partial charge in [-0.3, -0.25) is 4.98 Å². The van der Waals surface area contributed by atoms with E-state index in [0.717, 1.165) is 5.69 Å². The monoisotopic (exact) mass is 209 g/mol. The molecule has 84 valence electrons. The van der Waals surface area contributed by atoms with E-state index in [-0.39, 0.29) is 0 Å². The summed E-state index contributed by atoms with van der Waals surface area (Å²) in [5.74, 6) is 0. The molecule has 0 aromatic carbocycles. The highest BCUT2D eigenvalue weighted by atomic mass is 16.7. The number of hydrogen-bond donors (Lipinski definition) is 0. The lowest BCUT2D eigenvalue weighted by atomic mass is 10.2. The van der Waals surface area contributed by atoms with E-state index in [1.54, 1.807) is 0 Å². The van der Waals surface area contributed by atoms with Crippen LogP contribution >= 0.6 is 0 Å². The molecule has 2 rings (SSSR count). The fraction of sp³-hybridized carbons (Fsp3) is 0.583. The van der Waals surface area contributed by atoms with Gasteiger partial charge in [-0.25, -0.2) is 0 Å². The molecule has 1 aliphatic heterocycles. The Kier molecular flexibility index (Phi) is 4.72. The van der Waals surface area contributed by atoms with Crippen LogP contribution < -0.4 is 0 Å². The van der Waals surface area contributed by atoms with Crippen LogP contribution in [0, 0.1) is 13.8 Å². The number of nitrogens with zero attached hydrogens (tertiary/aromatic N) is 1. The van der Waals surface area contributed by atoms with Crippen LogP contribution in [0.15, 0.2) is 18.3 Å². The Labute approximate surface area is 91.4 Å². The van der Waals surface area contributed by atoms with Gasteiger partial charge >= 0.3 is 0 Å². The third kappa shape index (κ3) is 3.98. The van der Waals surface area contributed by atoms with Crippen molar-refractivity contribution < 1.29 is 9.47 Å². The maximum Gasteiger partial charge on any atom is 0.147 e. The molecule has 2 atom stereocenters. The number of pyridine rings is 1. The summed E-state index contributed by atoms with van der Waals surface area (Å²) in [5.41, 5.74) is 2.38. The highest BCUT2D eigenvalue weighted by molar-refractivity contribution is 5.15. The molecular weight excluding hydrogens is 190 g/mol. The number of rotatable bonds is 0. The van der Waals surface area contributed by atoms with Crippen LogP contribution in [0.25, 0.3) is 0 Å². The Morgan fingerprint density at radius 2 is 1.80 bits per heavy atom. The fourth-order valence-corrected chi connectivity index (χ4v) is 1.09. The van der Waals surface area contributed by atoms with Crippen LogP contribution in [-0.2, 0) is 9.47 Å². The molecule has 15 heavy (non-hydrogen) atoms. The van der Waals surface area contributed by atoms with Gasteiger partial charge in [0, 0.05) is 11.9 Å². The molecule has 1 saturated heterocycles. The van der Waals surface area contributed by atoms with E-state index in [2.05, 4.69) is 18.0 Å². The number of ether oxygens (including phenoxy) is 2. The lowest BCUT2D eigenvalue weighted by Gasteiger charge is -2.02. The second-order valence-electron chi connectivity index (χ2n) is 3.77. The van der Waals surface area contributed by atoms with Gasteiger partial charge in [-0.15, -0.1) is 0 Å². The minimum absolute atomic E-state index is 0.292. The predicted octanol–water partition coefficient (Wildman–Crippen LogP) is 2.47. The van der Waals surface area contributed by atoms with Crippen LogP contribution in [0.3, 0.4) is 0 Å². The molecule has 3 nitrogen and oxygen atoms in total. The van der Waals surface area contributed by atoms with Gasteiger partial charge in [0.2, 0.25) is 0 Å². The van der Waals surface area contributed by atoms with E-state index in [0.29, 0.717) is 19.0 Å². The summed E-state index contributed by atoms with van der Waals surface area (Å²) in [6, 6.07) is 4.00. The molecule has 0 amide bonds. The molecule has 0 spiro atoms. The first-order chi connectivity index (χ1) is 7.11. The molecule has 1 aliphatic rings. The largest absolute Gasteiger partial charge is 0.350 e. The van der Waals surface area contributed by atoms with E-state index in [9.17, 15) is 0 Å². The van der Waals surface area contributed by atoms with E-state index in [1.165, 1.54) is 5.56 Å². The maximum absolute atomic E-state index is 5.04. The van der Waals surface area contributed by atoms with Gasteiger partial charge in [0.05, 0.1) is 12.2 Å². The lowest BCUT2D eigenvalue weighted by Crippen LogP contribution is -2.13. The average Bonchev–Trinajstić information content (AvgIpc) is 2.57.